The third-order valence-electron chi connectivity index (χ3n) is 4.28. The van der Waals surface area contributed by atoms with Gasteiger partial charge in [-0.2, -0.15) is 5.10 Å². The SMILES string of the molecule is CCn1c(C)c(/C=N\NC(=O)CNc2ccc(Cl)cc2)c2ccccc21. The Labute approximate surface area is 157 Å². The number of carbonyl (C=O) groups excluding carboxylic acids is 1. The summed E-state index contributed by atoms with van der Waals surface area (Å²) in [5.41, 5.74) is 6.72. The second-order valence-corrected chi connectivity index (χ2v) is 6.35. The van der Waals surface area contributed by atoms with Gasteiger partial charge in [0, 0.05) is 39.4 Å². The summed E-state index contributed by atoms with van der Waals surface area (Å²) in [4.78, 5) is 12.0. The molecule has 26 heavy (non-hydrogen) atoms. The predicted octanol–water partition coefficient (Wildman–Crippen LogP) is 4.19. The van der Waals surface area contributed by atoms with Crippen LogP contribution >= 0.6 is 11.6 Å². The van der Waals surface area contributed by atoms with Crippen LogP contribution in [0.15, 0.2) is 53.6 Å². The number of amides is 1. The van der Waals surface area contributed by atoms with E-state index in [0.717, 1.165) is 28.9 Å². The number of nitrogens with one attached hydrogen (secondary N) is 2. The van der Waals surface area contributed by atoms with E-state index < -0.39 is 0 Å². The zero-order valence-corrected chi connectivity index (χ0v) is 15.5. The Morgan fingerprint density at radius 2 is 1.92 bits per heavy atom. The van der Waals surface area contributed by atoms with Gasteiger partial charge in [0.1, 0.15) is 0 Å². The molecule has 3 rings (SSSR count). The van der Waals surface area contributed by atoms with E-state index in [1.165, 1.54) is 5.52 Å². The average molecular weight is 369 g/mol. The minimum absolute atomic E-state index is 0.134. The van der Waals surface area contributed by atoms with Crippen molar-refractivity contribution in [2.24, 2.45) is 5.10 Å². The van der Waals surface area contributed by atoms with Crippen LogP contribution in [0.25, 0.3) is 10.9 Å². The Hall–Kier alpha value is -2.79. The number of hydrogen-bond donors (Lipinski definition) is 2. The van der Waals surface area contributed by atoms with Crippen molar-refractivity contribution in [2.45, 2.75) is 20.4 Å². The monoisotopic (exact) mass is 368 g/mol. The molecule has 0 saturated heterocycles. The first kappa shape index (κ1) is 18.0. The van der Waals surface area contributed by atoms with Gasteiger partial charge in [0.2, 0.25) is 0 Å². The molecule has 0 aliphatic rings. The molecule has 5 nitrogen and oxygen atoms in total. The van der Waals surface area contributed by atoms with Crippen LogP contribution in [0.5, 0.6) is 0 Å². The first-order valence-corrected chi connectivity index (χ1v) is 8.87. The van der Waals surface area contributed by atoms with Crippen LogP contribution < -0.4 is 10.7 Å². The Bertz CT molecular complexity index is 944. The predicted molar refractivity (Wildman–Crippen MR) is 108 cm³/mol. The summed E-state index contributed by atoms with van der Waals surface area (Å²) in [7, 11) is 0. The topological polar surface area (TPSA) is 58.4 Å². The maximum atomic E-state index is 12.0. The highest BCUT2D eigenvalue weighted by molar-refractivity contribution is 6.30. The zero-order valence-electron chi connectivity index (χ0n) is 14.8. The molecule has 6 heteroatoms. The summed E-state index contributed by atoms with van der Waals surface area (Å²) in [5.74, 6) is -0.215. The van der Waals surface area contributed by atoms with Gasteiger partial charge in [-0.05, 0) is 44.2 Å². The molecule has 134 valence electrons. The van der Waals surface area contributed by atoms with E-state index in [-0.39, 0.29) is 12.5 Å². The molecule has 1 aromatic heterocycles. The maximum Gasteiger partial charge on any atom is 0.259 e. The number of fused-ring (bicyclic) bond motifs is 1. The molecule has 3 aromatic rings. The standard InChI is InChI=1S/C20H21ClN4O/c1-3-25-14(2)18(17-6-4-5-7-19(17)25)12-23-24-20(26)13-22-16-10-8-15(21)9-11-16/h4-12,22H,3,13H2,1-2H3,(H,24,26)/b23-12-. The number of halogens is 1. The second kappa shape index (κ2) is 8.06. The van der Waals surface area contributed by atoms with Crippen molar-refractivity contribution in [2.75, 3.05) is 11.9 Å². The molecule has 0 atom stereocenters. The molecule has 1 heterocycles. The van der Waals surface area contributed by atoms with Crippen LogP contribution in [0.1, 0.15) is 18.2 Å². The number of benzene rings is 2. The fourth-order valence-corrected chi connectivity index (χ4v) is 3.11. The summed E-state index contributed by atoms with van der Waals surface area (Å²) >= 11 is 5.84. The van der Waals surface area contributed by atoms with Gasteiger partial charge in [-0.25, -0.2) is 5.43 Å². The van der Waals surface area contributed by atoms with Gasteiger partial charge in [0.05, 0.1) is 12.8 Å². The maximum absolute atomic E-state index is 12.0. The number of anilines is 1. The number of nitrogens with zero attached hydrogens (tertiary/aromatic N) is 2. The van der Waals surface area contributed by atoms with Gasteiger partial charge in [0.25, 0.3) is 5.91 Å². The van der Waals surface area contributed by atoms with E-state index >= 15 is 0 Å². The van der Waals surface area contributed by atoms with Gasteiger partial charge < -0.3 is 9.88 Å². The van der Waals surface area contributed by atoms with Crippen LogP contribution in [0.3, 0.4) is 0 Å². The number of para-hydroxylation sites is 1. The third kappa shape index (κ3) is 3.89. The Kier molecular flexibility index (Phi) is 5.58. The lowest BCUT2D eigenvalue weighted by atomic mass is 10.1. The fourth-order valence-electron chi connectivity index (χ4n) is 2.99. The quantitative estimate of drug-likeness (QED) is 0.506. The van der Waals surface area contributed by atoms with E-state index in [9.17, 15) is 4.79 Å². The molecular formula is C20H21ClN4O. The van der Waals surface area contributed by atoms with Gasteiger partial charge in [-0.15, -0.1) is 0 Å². The lowest BCUT2D eigenvalue weighted by Gasteiger charge is -2.05. The van der Waals surface area contributed by atoms with Gasteiger partial charge in [-0.1, -0.05) is 29.8 Å². The minimum Gasteiger partial charge on any atom is -0.376 e. The lowest BCUT2D eigenvalue weighted by Crippen LogP contribution is -2.25. The van der Waals surface area contributed by atoms with Crippen molar-refractivity contribution >= 4 is 40.3 Å². The smallest absolute Gasteiger partial charge is 0.259 e. The highest BCUT2D eigenvalue weighted by atomic mass is 35.5. The molecular weight excluding hydrogens is 348 g/mol. The van der Waals surface area contributed by atoms with Gasteiger partial charge >= 0.3 is 0 Å². The fraction of sp³-hybridized carbons (Fsp3) is 0.200. The summed E-state index contributed by atoms with van der Waals surface area (Å²) in [6.45, 7) is 5.20. The van der Waals surface area contributed by atoms with E-state index in [2.05, 4.69) is 46.4 Å². The van der Waals surface area contributed by atoms with Crippen LogP contribution in [-0.2, 0) is 11.3 Å². The van der Waals surface area contributed by atoms with Gasteiger partial charge in [-0.3, -0.25) is 4.79 Å². The molecule has 0 spiro atoms. The molecule has 2 aromatic carbocycles. The second-order valence-electron chi connectivity index (χ2n) is 5.91. The first-order chi connectivity index (χ1) is 12.6. The largest absolute Gasteiger partial charge is 0.376 e. The number of aryl methyl sites for hydroxylation is 1. The van der Waals surface area contributed by atoms with Gasteiger partial charge in [0.15, 0.2) is 0 Å². The van der Waals surface area contributed by atoms with Crippen LogP contribution in [0, 0.1) is 6.92 Å². The van der Waals surface area contributed by atoms with Crippen LogP contribution in [0.4, 0.5) is 5.69 Å². The number of aromatic nitrogens is 1. The van der Waals surface area contributed by atoms with E-state index in [4.69, 9.17) is 11.6 Å². The number of rotatable bonds is 6. The zero-order chi connectivity index (χ0) is 18.5. The van der Waals surface area contributed by atoms with Crippen molar-refractivity contribution in [3.05, 3.63) is 64.8 Å². The molecule has 0 fully saturated rings. The van der Waals surface area contributed by atoms with E-state index in [1.807, 2.05) is 24.3 Å². The molecule has 0 radical (unpaired) electrons. The summed E-state index contributed by atoms with van der Waals surface area (Å²) in [5, 5.41) is 8.94. The van der Waals surface area contributed by atoms with Crippen molar-refractivity contribution in [3.63, 3.8) is 0 Å². The third-order valence-corrected chi connectivity index (χ3v) is 4.53. The lowest BCUT2D eigenvalue weighted by molar-refractivity contribution is -0.119. The van der Waals surface area contributed by atoms with Crippen LogP contribution in [-0.4, -0.2) is 23.2 Å². The Balaban J connectivity index is 1.65. The van der Waals surface area contributed by atoms with Crippen molar-refractivity contribution in [1.82, 2.24) is 9.99 Å². The van der Waals surface area contributed by atoms with Crippen molar-refractivity contribution in [1.29, 1.82) is 0 Å². The molecule has 0 unspecified atom stereocenters. The van der Waals surface area contributed by atoms with E-state index in [1.54, 1.807) is 18.3 Å². The van der Waals surface area contributed by atoms with E-state index in [0.29, 0.717) is 5.02 Å². The molecule has 0 aliphatic carbocycles. The van der Waals surface area contributed by atoms with Crippen LogP contribution in [0.2, 0.25) is 5.02 Å². The molecule has 2 N–H and O–H groups in total. The molecule has 0 aliphatic heterocycles. The van der Waals surface area contributed by atoms with Crippen molar-refractivity contribution in [3.8, 4) is 0 Å². The summed E-state index contributed by atoms with van der Waals surface area (Å²) in [6, 6.07) is 15.4. The minimum atomic E-state index is -0.215. The first-order valence-electron chi connectivity index (χ1n) is 8.49. The molecule has 1 amide bonds. The highest BCUT2D eigenvalue weighted by Gasteiger charge is 2.10. The molecule has 0 bridgehead atoms. The number of hydrazone groups is 1. The number of carbonyl (C=O) groups is 1. The highest BCUT2D eigenvalue weighted by Crippen LogP contribution is 2.24. The molecule has 0 saturated carbocycles. The average Bonchev–Trinajstić information content (AvgIpc) is 2.92. The Morgan fingerprint density at radius 1 is 1.19 bits per heavy atom. The summed E-state index contributed by atoms with van der Waals surface area (Å²) in [6.07, 6.45) is 1.71. The number of hydrogen-bond acceptors (Lipinski definition) is 3. The summed E-state index contributed by atoms with van der Waals surface area (Å²) < 4.78 is 2.24. The normalized spacial score (nSPS) is 11.2. The Morgan fingerprint density at radius 3 is 2.65 bits per heavy atom. The van der Waals surface area contributed by atoms with Crippen molar-refractivity contribution < 1.29 is 4.79 Å².